The van der Waals surface area contributed by atoms with E-state index in [9.17, 15) is 0 Å². The Labute approximate surface area is 126 Å². The predicted octanol–water partition coefficient (Wildman–Crippen LogP) is 4.63. The Balaban J connectivity index is 2.15. The molecule has 0 bridgehead atoms. The lowest BCUT2D eigenvalue weighted by Crippen LogP contribution is -2.23. The molecule has 0 amide bonds. The van der Waals surface area contributed by atoms with Crippen LogP contribution in [0.3, 0.4) is 0 Å². The van der Waals surface area contributed by atoms with Crippen molar-refractivity contribution in [1.82, 2.24) is 0 Å². The number of aryl methyl sites for hydroxylation is 2. The molecule has 2 aromatic carbocycles. The van der Waals surface area contributed by atoms with Crippen LogP contribution in [-0.2, 0) is 5.75 Å². The lowest BCUT2D eigenvalue weighted by molar-refractivity contribution is 0.718. The van der Waals surface area contributed by atoms with Crippen LogP contribution in [0.25, 0.3) is 0 Å². The number of rotatable bonds is 5. The van der Waals surface area contributed by atoms with Crippen molar-refractivity contribution in [2.75, 3.05) is 0 Å². The highest BCUT2D eigenvalue weighted by Crippen LogP contribution is 2.35. The Morgan fingerprint density at radius 1 is 0.950 bits per heavy atom. The molecule has 0 heterocycles. The summed E-state index contributed by atoms with van der Waals surface area (Å²) in [4.78, 5) is 0. The van der Waals surface area contributed by atoms with E-state index < -0.39 is 0 Å². The van der Waals surface area contributed by atoms with E-state index in [0.717, 1.165) is 5.75 Å². The van der Waals surface area contributed by atoms with Gasteiger partial charge in [0.05, 0.1) is 0 Å². The number of nitrogens with two attached hydrogens (primary N) is 1. The van der Waals surface area contributed by atoms with Crippen molar-refractivity contribution in [3.63, 3.8) is 0 Å². The van der Waals surface area contributed by atoms with Crippen LogP contribution in [0.1, 0.15) is 34.4 Å². The van der Waals surface area contributed by atoms with Crippen molar-refractivity contribution in [2.45, 2.75) is 37.8 Å². The minimum atomic E-state index is 0.144. The molecule has 0 aromatic heterocycles. The average molecular weight is 285 g/mol. The molecule has 0 radical (unpaired) electrons. The summed E-state index contributed by atoms with van der Waals surface area (Å²) < 4.78 is 0. The lowest BCUT2D eigenvalue weighted by Gasteiger charge is -2.23. The molecule has 2 rings (SSSR count). The summed E-state index contributed by atoms with van der Waals surface area (Å²) in [6.07, 6.45) is 0. The van der Waals surface area contributed by atoms with Crippen LogP contribution in [0.5, 0.6) is 0 Å². The van der Waals surface area contributed by atoms with Gasteiger partial charge in [-0.25, -0.2) is 0 Å². The van der Waals surface area contributed by atoms with Crippen LogP contribution in [0.2, 0.25) is 0 Å². The fraction of sp³-hybridized carbons (Fsp3) is 0.333. The van der Waals surface area contributed by atoms with Crippen LogP contribution < -0.4 is 5.73 Å². The standard InChI is InChI=1S/C18H23NS/c1-13-8-4-6-10-16(13)12-20-18(15(3)19)17-11-7-5-9-14(17)2/h4-11,15,18H,12,19H2,1-3H3. The molecule has 1 nitrogen and oxygen atoms in total. The quantitative estimate of drug-likeness (QED) is 0.867. The number of benzene rings is 2. The van der Waals surface area contributed by atoms with Gasteiger partial charge in [0.2, 0.25) is 0 Å². The van der Waals surface area contributed by atoms with Crippen molar-refractivity contribution in [3.05, 3.63) is 70.8 Å². The minimum Gasteiger partial charge on any atom is -0.327 e. The molecule has 0 aliphatic heterocycles. The SMILES string of the molecule is Cc1ccccc1CSC(c1ccccc1C)C(C)N. The van der Waals surface area contributed by atoms with E-state index in [1.807, 2.05) is 11.8 Å². The zero-order chi connectivity index (χ0) is 14.5. The predicted molar refractivity (Wildman–Crippen MR) is 90.0 cm³/mol. The lowest BCUT2D eigenvalue weighted by atomic mass is 10.0. The van der Waals surface area contributed by atoms with Crippen LogP contribution in [0.4, 0.5) is 0 Å². The minimum absolute atomic E-state index is 0.144. The van der Waals surface area contributed by atoms with Gasteiger partial charge in [-0.1, -0.05) is 48.5 Å². The molecule has 2 aromatic rings. The third-order valence-corrected chi connectivity index (χ3v) is 5.17. The van der Waals surface area contributed by atoms with Crippen molar-refractivity contribution in [1.29, 1.82) is 0 Å². The zero-order valence-electron chi connectivity index (χ0n) is 12.5. The molecule has 106 valence electrons. The molecule has 0 spiro atoms. The summed E-state index contributed by atoms with van der Waals surface area (Å²) in [6.45, 7) is 6.44. The highest BCUT2D eigenvalue weighted by Gasteiger charge is 2.18. The summed E-state index contributed by atoms with van der Waals surface area (Å²) in [5.74, 6) is 1.01. The van der Waals surface area contributed by atoms with Gasteiger partial charge in [-0.2, -0.15) is 0 Å². The number of hydrogen-bond donors (Lipinski definition) is 1. The van der Waals surface area contributed by atoms with Gasteiger partial charge in [-0.05, 0) is 43.0 Å². The molecule has 0 fully saturated rings. The second-order valence-corrected chi connectivity index (χ2v) is 6.50. The van der Waals surface area contributed by atoms with Crippen molar-refractivity contribution >= 4 is 11.8 Å². The summed E-state index contributed by atoms with van der Waals surface area (Å²) in [5, 5.41) is 0.343. The first-order valence-electron chi connectivity index (χ1n) is 7.07. The van der Waals surface area contributed by atoms with Gasteiger partial charge in [-0.3, -0.25) is 0 Å². The Bertz CT molecular complexity index is 563. The molecule has 20 heavy (non-hydrogen) atoms. The van der Waals surface area contributed by atoms with Crippen LogP contribution in [-0.4, -0.2) is 6.04 Å². The smallest absolute Gasteiger partial charge is 0.0451 e. The second kappa shape index (κ2) is 6.96. The molecule has 2 N–H and O–H groups in total. The first kappa shape index (κ1) is 15.1. The normalized spacial score (nSPS) is 14.0. The molecule has 2 unspecified atom stereocenters. The first-order valence-corrected chi connectivity index (χ1v) is 8.11. The largest absolute Gasteiger partial charge is 0.327 e. The van der Waals surface area contributed by atoms with Gasteiger partial charge < -0.3 is 5.73 Å². The van der Waals surface area contributed by atoms with E-state index in [4.69, 9.17) is 5.73 Å². The van der Waals surface area contributed by atoms with Crippen molar-refractivity contribution < 1.29 is 0 Å². The molecular weight excluding hydrogens is 262 g/mol. The maximum absolute atomic E-state index is 6.22. The average Bonchev–Trinajstić information content (AvgIpc) is 2.42. The summed E-state index contributed by atoms with van der Waals surface area (Å²) in [6, 6.07) is 17.3. The van der Waals surface area contributed by atoms with E-state index in [1.54, 1.807) is 0 Å². The topological polar surface area (TPSA) is 26.0 Å². The maximum atomic E-state index is 6.22. The van der Waals surface area contributed by atoms with E-state index in [1.165, 1.54) is 22.3 Å². The van der Waals surface area contributed by atoms with E-state index in [2.05, 4.69) is 69.3 Å². The van der Waals surface area contributed by atoms with Gasteiger partial charge in [0.1, 0.15) is 0 Å². The van der Waals surface area contributed by atoms with Crippen LogP contribution >= 0.6 is 11.8 Å². The summed E-state index contributed by atoms with van der Waals surface area (Å²) >= 11 is 1.94. The van der Waals surface area contributed by atoms with Gasteiger partial charge in [0.25, 0.3) is 0 Å². The monoisotopic (exact) mass is 285 g/mol. The molecule has 2 heteroatoms. The number of thioether (sulfide) groups is 1. The Morgan fingerprint density at radius 2 is 1.55 bits per heavy atom. The van der Waals surface area contributed by atoms with E-state index >= 15 is 0 Å². The van der Waals surface area contributed by atoms with Gasteiger partial charge >= 0.3 is 0 Å². The Morgan fingerprint density at radius 3 is 2.15 bits per heavy atom. The third kappa shape index (κ3) is 3.65. The Kier molecular flexibility index (Phi) is 5.27. The highest BCUT2D eigenvalue weighted by atomic mass is 32.2. The zero-order valence-corrected chi connectivity index (χ0v) is 13.3. The maximum Gasteiger partial charge on any atom is 0.0451 e. The fourth-order valence-corrected chi connectivity index (χ4v) is 3.81. The fourth-order valence-electron chi connectivity index (χ4n) is 2.38. The summed E-state index contributed by atoms with van der Waals surface area (Å²) in [7, 11) is 0. The van der Waals surface area contributed by atoms with E-state index in [-0.39, 0.29) is 6.04 Å². The molecule has 0 saturated heterocycles. The first-order chi connectivity index (χ1) is 9.59. The molecule has 0 saturated carbocycles. The van der Waals surface area contributed by atoms with Gasteiger partial charge in [-0.15, -0.1) is 11.8 Å². The van der Waals surface area contributed by atoms with Crippen LogP contribution in [0, 0.1) is 13.8 Å². The summed E-state index contributed by atoms with van der Waals surface area (Å²) in [5.41, 5.74) is 11.7. The molecule has 0 aliphatic carbocycles. The molecular formula is C18H23NS. The van der Waals surface area contributed by atoms with Gasteiger partial charge in [0.15, 0.2) is 0 Å². The molecule has 2 atom stereocenters. The highest BCUT2D eigenvalue weighted by molar-refractivity contribution is 7.98. The van der Waals surface area contributed by atoms with E-state index in [0.29, 0.717) is 5.25 Å². The van der Waals surface area contributed by atoms with Gasteiger partial charge in [0, 0.05) is 17.0 Å². The van der Waals surface area contributed by atoms with Crippen molar-refractivity contribution in [3.8, 4) is 0 Å². The second-order valence-electron chi connectivity index (χ2n) is 5.37. The Hall–Kier alpha value is -1.25. The number of hydrogen-bond acceptors (Lipinski definition) is 2. The third-order valence-electron chi connectivity index (χ3n) is 3.65. The molecule has 0 aliphatic rings. The van der Waals surface area contributed by atoms with Crippen molar-refractivity contribution in [2.24, 2.45) is 5.73 Å². The van der Waals surface area contributed by atoms with Crippen LogP contribution in [0.15, 0.2) is 48.5 Å².